The molecule has 0 unspecified atom stereocenters. The first-order valence-electron chi connectivity index (χ1n) is 3.10. The van der Waals surface area contributed by atoms with E-state index in [0.717, 1.165) is 19.3 Å². The summed E-state index contributed by atoms with van der Waals surface area (Å²) >= 11 is 0. The molecule has 0 aliphatic carbocycles. The molecular formula is C6H16N2O. The van der Waals surface area contributed by atoms with Gasteiger partial charge in [0.25, 0.3) is 0 Å². The van der Waals surface area contributed by atoms with Crippen molar-refractivity contribution in [1.29, 1.82) is 0 Å². The van der Waals surface area contributed by atoms with Crippen molar-refractivity contribution in [3.05, 3.63) is 0 Å². The second kappa shape index (κ2) is 10.5. The molecule has 0 saturated carbocycles. The molecule has 9 heavy (non-hydrogen) atoms. The summed E-state index contributed by atoms with van der Waals surface area (Å²) in [5.41, 5.74) is 0. The molecule has 0 atom stereocenters. The van der Waals surface area contributed by atoms with Gasteiger partial charge in [-0.15, -0.1) is 0 Å². The van der Waals surface area contributed by atoms with Crippen LogP contribution in [0.3, 0.4) is 0 Å². The summed E-state index contributed by atoms with van der Waals surface area (Å²) in [4.78, 5) is 10.2. The van der Waals surface area contributed by atoms with E-state index in [1.54, 1.807) is 6.92 Å². The van der Waals surface area contributed by atoms with Gasteiger partial charge in [-0.25, -0.2) is 0 Å². The summed E-state index contributed by atoms with van der Waals surface area (Å²) in [6, 6.07) is 0. The Morgan fingerprint density at radius 2 is 1.89 bits per heavy atom. The van der Waals surface area contributed by atoms with E-state index in [1.165, 1.54) is 0 Å². The summed E-state index contributed by atoms with van der Waals surface area (Å²) in [6.45, 7) is 3.72. The predicted octanol–water partition coefficient (Wildman–Crippen LogP) is 0.584. The highest BCUT2D eigenvalue weighted by molar-refractivity contribution is 5.75. The summed E-state index contributed by atoms with van der Waals surface area (Å²) in [5.74, 6) is 8.31. The third kappa shape index (κ3) is 18.4. The van der Waals surface area contributed by atoms with Crippen LogP contribution in [0.25, 0.3) is 0 Å². The van der Waals surface area contributed by atoms with Crippen LogP contribution in [0.15, 0.2) is 0 Å². The lowest BCUT2D eigenvalue weighted by Gasteiger charge is -1.86. The topological polar surface area (TPSA) is 69.1 Å². The highest BCUT2D eigenvalue weighted by Gasteiger charge is 1.87. The van der Waals surface area contributed by atoms with Crippen molar-refractivity contribution in [2.45, 2.75) is 33.1 Å². The Bertz CT molecular complexity index is 64.1. The standard InChI is InChI=1S/C6H12O.H4N2/c1-3-4-5-6(2)7;1-2/h3-5H2,1-2H3;1-2H2. The number of unbranched alkanes of at least 4 members (excludes halogenated alkanes) is 1. The molecule has 0 radical (unpaired) electrons. The summed E-state index contributed by atoms with van der Waals surface area (Å²) in [6.07, 6.45) is 2.94. The zero-order valence-corrected chi connectivity index (χ0v) is 6.18. The fourth-order valence-corrected chi connectivity index (χ4v) is 0.426. The minimum Gasteiger partial charge on any atom is -0.300 e. The quantitative estimate of drug-likeness (QED) is 0.436. The maximum atomic E-state index is 10.2. The van der Waals surface area contributed by atoms with E-state index in [9.17, 15) is 4.79 Å². The molecule has 56 valence electrons. The van der Waals surface area contributed by atoms with Gasteiger partial charge in [0.05, 0.1) is 0 Å². The molecule has 0 aliphatic heterocycles. The summed E-state index contributed by atoms with van der Waals surface area (Å²) in [7, 11) is 0. The Morgan fingerprint density at radius 1 is 1.44 bits per heavy atom. The van der Waals surface area contributed by atoms with Crippen LogP contribution in [-0.2, 0) is 4.79 Å². The van der Waals surface area contributed by atoms with Crippen LogP contribution < -0.4 is 11.7 Å². The smallest absolute Gasteiger partial charge is 0.129 e. The van der Waals surface area contributed by atoms with Gasteiger partial charge in [0, 0.05) is 6.42 Å². The van der Waals surface area contributed by atoms with Crippen molar-refractivity contribution < 1.29 is 4.79 Å². The Hall–Kier alpha value is -0.410. The molecule has 0 fully saturated rings. The molecule has 0 bridgehead atoms. The third-order valence-corrected chi connectivity index (χ3v) is 0.882. The van der Waals surface area contributed by atoms with Crippen molar-refractivity contribution in [1.82, 2.24) is 0 Å². The molecule has 3 nitrogen and oxygen atoms in total. The highest BCUT2D eigenvalue weighted by Crippen LogP contribution is 1.92. The molecular weight excluding hydrogens is 116 g/mol. The zero-order valence-electron chi connectivity index (χ0n) is 6.18. The molecule has 0 amide bonds. The normalized spacial score (nSPS) is 7.56. The van der Waals surface area contributed by atoms with Gasteiger partial charge in [-0.3, -0.25) is 11.7 Å². The number of carbonyl (C=O) groups excluding carboxylic acids is 1. The number of hydrogen-bond donors (Lipinski definition) is 2. The second-order valence-corrected chi connectivity index (χ2v) is 1.81. The molecule has 0 spiro atoms. The number of carbonyl (C=O) groups is 1. The van der Waals surface area contributed by atoms with Crippen molar-refractivity contribution in [2.75, 3.05) is 0 Å². The number of rotatable bonds is 3. The van der Waals surface area contributed by atoms with Crippen LogP contribution in [0.2, 0.25) is 0 Å². The predicted molar refractivity (Wildman–Crippen MR) is 38.6 cm³/mol. The fraction of sp³-hybridized carbons (Fsp3) is 0.833. The number of ketones is 1. The first-order valence-corrected chi connectivity index (χ1v) is 3.10. The monoisotopic (exact) mass is 132 g/mol. The van der Waals surface area contributed by atoms with Gasteiger partial charge in [0.2, 0.25) is 0 Å². The Morgan fingerprint density at radius 3 is 2.00 bits per heavy atom. The highest BCUT2D eigenvalue weighted by atomic mass is 16.1. The first kappa shape index (κ1) is 11.4. The van der Waals surface area contributed by atoms with Crippen molar-refractivity contribution in [3.63, 3.8) is 0 Å². The average Bonchev–Trinajstić information content (AvgIpc) is 1.88. The van der Waals surface area contributed by atoms with Crippen LogP contribution in [0, 0.1) is 0 Å². The molecule has 4 N–H and O–H groups in total. The zero-order chi connectivity index (χ0) is 7.70. The lowest BCUT2D eigenvalue weighted by atomic mass is 10.2. The summed E-state index contributed by atoms with van der Waals surface area (Å²) in [5, 5.41) is 0. The average molecular weight is 132 g/mol. The number of nitrogens with two attached hydrogens (primary N) is 2. The number of hydrazine groups is 1. The van der Waals surface area contributed by atoms with Gasteiger partial charge in [0.1, 0.15) is 5.78 Å². The lowest BCUT2D eigenvalue weighted by Crippen LogP contribution is -2.02. The van der Waals surface area contributed by atoms with Crippen molar-refractivity contribution in [2.24, 2.45) is 11.7 Å². The minimum absolute atomic E-state index is 0.307. The van der Waals surface area contributed by atoms with Crippen LogP contribution in [0.4, 0.5) is 0 Å². The Kier molecular flexibility index (Phi) is 13.4. The Labute approximate surface area is 56.4 Å². The minimum atomic E-state index is 0.307. The molecule has 0 rings (SSSR count). The molecule has 0 aromatic carbocycles. The van der Waals surface area contributed by atoms with Gasteiger partial charge in [-0.1, -0.05) is 13.3 Å². The van der Waals surface area contributed by atoms with E-state index < -0.39 is 0 Å². The van der Waals surface area contributed by atoms with Gasteiger partial charge in [0.15, 0.2) is 0 Å². The van der Waals surface area contributed by atoms with E-state index in [1.807, 2.05) is 0 Å². The largest absolute Gasteiger partial charge is 0.300 e. The van der Waals surface area contributed by atoms with Gasteiger partial charge in [-0.05, 0) is 13.3 Å². The van der Waals surface area contributed by atoms with Crippen LogP contribution in [0.1, 0.15) is 33.1 Å². The van der Waals surface area contributed by atoms with E-state index >= 15 is 0 Å². The van der Waals surface area contributed by atoms with Crippen molar-refractivity contribution >= 4 is 5.78 Å². The number of Topliss-reactive ketones (excluding diaryl/α,β-unsaturated/α-hetero) is 1. The van der Waals surface area contributed by atoms with Crippen LogP contribution in [-0.4, -0.2) is 5.78 Å². The molecule has 0 aromatic heterocycles. The molecule has 3 heteroatoms. The van der Waals surface area contributed by atoms with Gasteiger partial charge >= 0.3 is 0 Å². The van der Waals surface area contributed by atoms with E-state index in [0.29, 0.717) is 5.78 Å². The van der Waals surface area contributed by atoms with Gasteiger partial charge in [-0.2, -0.15) is 0 Å². The maximum Gasteiger partial charge on any atom is 0.129 e. The first-order chi connectivity index (χ1) is 4.27. The number of hydrogen-bond acceptors (Lipinski definition) is 3. The molecule has 0 heterocycles. The van der Waals surface area contributed by atoms with Gasteiger partial charge < -0.3 is 4.79 Å². The van der Waals surface area contributed by atoms with E-state index in [-0.39, 0.29) is 0 Å². The summed E-state index contributed by atoms with van der Waals surface area (Å²) < 4.78 is 0. The van der Waals surface area contributed by atoms with Crippen molar-refractivity contribution in [3.8, 4) is 0 Å². The second-order valence-electron chi connectivity index (χ2n) is 1.81. The molecule has 0 saturated heterocycles. The molecule has 0 aliphatic rings. The van der Waals surface area contributed by atoms with Crippen LogP contribution in [0.5, 0.6) is 0 Å². The SMILES string of the molecule is CCCCC(C)=O.NN. The van der Waals surface area contributed by atoms with E-state index in [2.05, 4.69) is 18.6 Å². The molecule has 0 aromatic rings. The van der Waals surface area contributed by atoms with E-state index in [4.69, 9.17) is 0 Å². The maximum absolute atomic E-state index is 10.2. The third-order valence-electron chi connectivity index (χ3n) is 0.882. The Balaban J connectivity index is 0. The lowest BCUT2D eigenvalue weighted by molar-refractivity contribution is -0.117. The van der Waals surface area contributed by atoms with Crippen LogP contribution >= 0.6 is 0 Å². The fourth-order valence-electron chi connectivity index (χ4n) is 0.426.